The number of rotatable bonds is 9. The molecule has 4 aromatic rings. The maximum atomic E-state index is 12.9. The van der Waals surface area contributed by atoms with Crippen molar-refractivity contribution in [2.45, 2.75) is 52.9 Å². The quantitative estimate of drug-likeness (QED) is 0.184. The fraction of sp³-hybridized carbons (Fsp3) is 0.290. The van der Waals surface area contributed by atoms with Gasteiger partial charge in [0.25, 0.3) is 11.3 Å². The van der Waals surface area contributed by atoms with Crippen molar-refractivity contribution in [2.75, 3.05) is 4.31 Å². The zero-order valence-electron chi connectivity index (χ0n) is 22.8. The molecule has 0 radical (unpaired) electrons. The van der Waals surface area contributed by atoms with Crippen molar-refractivity contribution in [3.05, 3.63) is 90.6 Å². The van der Waals surface area contributed by atoms with Gasteiger partial charge in [-0.15, -0.1) is 0 Å². The van der Waals surface area contributed by atoms with Crippen LogP contribution in [0.1, 0.15) is 40.2 Å². The van der Waals surface area contributed by atoms with Gasteiger partial charge in [-0.3, -0.25) is 8.86 Å². The number of benzene rings is 3. The first kappa shape index (κ1) is 28.3. The Hall–Kier alpha value is -3.75. The van der Waals surface area contributed by atoms with E-state index in [1.54, 1.807) is 32.9 Å². The van der Waals surface area contributed by atoms with Crippen molar-refractivity contribution in [1.82, 2.24) is 4.98 Å². The zero-order valence-corrected chi connectivity index (χ0v) is 23.6. The summed E-state index contributed by atoms with van der Waals surface area (Å²) in [7, 11) is 0. The van der Waals surface area contributed by atoms with E-state index in [2.05, 4.69) is 4.98 Å². The third-order valence-electron chi connectivity index (χ3n) is 6.10. The number of hydrogen-bond donors (Lipinski definition) is 1. The first-order valence-electron chi connectivity index (χ1n) is 12.8. The second-order valence-corrected chi connectivity index (χ2v) is 11.5. The molecule has 4 rings (SSSR count). The molecule has 0 amide bonds. The zero-order chi connectivity index (χ0) is 28.2. The molecule has 1 aromatic heterocycles. The molecular formula is C31H34N2O5S. The molecule has 1 N–H and O–H groups in total. The highest BCUT2D eigenvalue weighted by molar-refractivity contribution is 7.80. The van der Waals surface area contributed by atoms with Gasteiger partial charge in [-0.1, -0.05) is 74.5 Å². The molecule has 8 heteroatoms. The van der Waals surface area contributed by atoms with Crippen LogP contribution in [0.5, 0.6) is 5.88 Å². The number of carbonyl (C=O) groups is 1. The van der Waals surface area contributed by atoms with E-state index in [4.69, 9.17) is 9.47 Å². The number of esters is 1. The van der Waals surface area contributed by atoms with Crippen LogP contribution in [0.4, 0.5) is 5.69 Å². The minimum absolute atomic E-state index is 0.254. The Bertz CT molecular complexity index is 1450. The highest BCUT2D eigenvalue weighted by Crippen LogP contribution is 2.29. The number of fused-ring (bicyclic) bond motifs is 1. The van der Waals surface area contributed by atoms with Gasteiger partial charge in [0.1, 0.15) is 18.2 Å². The van der Waals surface area contributed by atoms with Crippen molar-refractivity contribution >= 4 is 33.7 Å². The molecule has 204 valence electrons. The lowest BCUT2D eigenvalue weighted by atomic mass is 10.0. The third kappa shape index (κ3) is 7.22. The Morgan fingerprint density at radius 3 is 2.10 bits per heavy atom. The van der Waals surface area contributed by atoms with E-state index in [0.717, 1.165) is 27.5 Å². The van der Waals surface area contributed by atoms with Crippen molar-refractivity contribution in [2.24, 2.45) is 5.92 Å². The third-order valence-corrected chi connectivity index (χ3v) is 6.88. The predicted molar refractivity (Wildman–Crippen MR) is 156 cm³/mol. The molecule has 3 aromatic carbocycles. The Balaban J connectivity index is 1.46. The molecule has 0 aliphatic carbocycles. The predicted octanol–water partition coefficient (Wildman–Crippen LogP) is 6.79. The fourth-order valence-corrected chi connectivity index (χ4v) is 5.07. The van der Waals surface area contributed by atoms with Gasteiger partial charge in [-0.2, -0.15) is 0 Å². The second kappa shape index (κ2) is 12.0. The van der Waals surface area contributed by atoms with E-state index in [1.807, 2.05) is 86.8 Å². The molecule has 0 bridgehead atoms. The van der Waals surface area contributed by atoms with Crippen LogP contribution >= 0.6 is 0 Å². The fourth-order valence-electron chi connectivity index (χ4n) is 4.24. The van der Waals surface area contributed by atoms with Crippen LogP contribution in [-0.4, -0.2) is 31.4 Å². The highest BCUT2D eigenvalue weighted by Gasteiger charge is 2.36. The van der Waals surface area contributed by atoms with E-state index >= 15 is 0 Å². The molecule has 0 saturated carbocycles. The summed E-state index contributed by atoms with van der Waals surface area (Å²) in [4.78, 5) is 17.3. The van der Waals surface area contributed by atoms with Crippen LogP contribution in [-0.2, 0) is 27.4 Å². The van der Waals surface area contributed by atoms with Gasteiger partial charge < -0.3 is 9.47 Å². The average Bonchev–Trinajstić information content (AvgIpc) is 2.89. The Kier molecular flexibility index (Phi) is 8.67. The number of hydrogen-bond acceptors (Lipinski definition) is 5. The average molecular weight is 547 g/mol. The summed E-state index contributed by atoms with van der Waals surface area (Å²) < 4.78 is 35.1. The first-order chi connectivity index (χ1) is 18.5. The highest BCUT2D eigenvalue weighted by atomic mass is 32.2. The van der Waals surface area contributed by atoms with Gasteiger partial charge in [0.2, 0.25) is 5.88 Å². The van der Waals surface area contributed by atoms with Crippen LogP contribution < -0.4 is 9.04 Å². The largest absolute Gasteiger partial charge is 0.473 e. The SMILES string of the molecule is CC(C)C(C(=O)OC(C)(C)C)N(c1ccc(-c2ccc(COc3cc4ccccc4cn3)cc2)cc1)S(=O)O. The summed E-state index contributed by atoms with van der Waals surface area (Å²) >= 11 is -2.42. The molecule has 1 heterocycles. The number of pyridine rings is 1. The number of aromatic nitrogens is 1. The molecular weight excluding hydrogens is 512 g/mol. The molecule has 7 nitrogen and oxygen atoms in total. The lowest BCUT2D eigenvalue weighted by Crippen LogP contribution is -2.48. The smallest absolute Gasteiger partial charge is 0.330 e. The van der Waals surface area contributed by atoms with E-state index < -0.39 is 28.9 Å². The summed E-state index contributed by atoms with van der Waals surface area (Å²) in [6.07, 6.45) is 1.81. The topological polar surface area (TPSA) is 89.0 Å². The van der Waals surface area contributed by atoms with Gasteiger partial charge in [0, 0.05) is 17.6 Å². The van der Waals surface area contributed by atoms with Crippen molar-refractivity contribution in [3.63, 3.8) is 0 Å². The molecule has 39 heavy (non-hydrogen) atoms. The molecule has 2 unspecified atom stereocenters. The molecule has 0 fully saturated rings. The molecule has 2 atom stereocenters. The lowest BCUT2D eigenvalue weighted by molar-refractivity contribution is -0.157. The van der Waals surface area contributed by atoms with Gasteiger partial charge >= 0.3 is 5.97 Å². The van der Waals surface area contributed by atoms with Crippen molar-refractivity contribution < 1.29 is 23.0 Å². The maximum absolute atomic E-state index is 12.9. The number of carbonyl (C=O) groups excluding carboxylic acids is 1. The van der Waals surface area contributed by atoms with E-state index in [1.165, 1.54) is 4.31 Å². The first-order valence-corrected chi connectivity index (χ1v) is 13.9. The molecule has 0 aliphatic rings. The Morgan fingerprint density at radius 1 is 0.949 bits per heavy atom. The maximum Gasteiger partial charge on any atom is 0.330 e. The van der Waals surface area contributed by atoms with Crippen LogP contribution in [0, 0.1) is 5.92 Å². The molecule has 0 aliphatic heterocycles. The summed E-state index contributed by atoms with van der Waals surface area (Å²) in [6, 6.07) is 24.2. The number of ether oxygens (including phenoxy) is 2. The van der Waals surface area contributed by atoms with E-state index in [-0.39, 0.29) is 5.92 Å². The minimum atomic E-state index is -2.42. The summed E-state index contributed by atoms with van der Waals surface area (Å²) in [5.74, 6) is -0.221. The summed E-state index contributed by atoms with van der Waals surface area (Å²) in [6.45, 7) is 9.36. The van der Waals surface area contributed by atoms with Crippen molar-refractivity contribution in [1.29, 1.82) is 0 Å². The number of anilines is 1. The summed E-state index contributed by atoms with van der Waals surface area (Å²) in [5.41, 5.74) is 2.67. The normalized spacial score (nSPS) is 13.2. The van der Waals surface area contributed by atoms with Gasteiger partial charge in [0.05, 0.1) is 5.69 Å². The standard InChI is InChI=1S/C31H34N2O5S/c1-21(2)29(30(34)38-31(3,4)5)33(39(35)36)27-16-14-24(15-17-27)23-12-10-22(11-13-23)20-37-28-18-25-8-6-7-9-26(25)19-32-28/h6-19,21,29H,20H2,1-5H3,(H,35,36). The van der Waals surface area contributed by atoms with Crippen LogP contribution in [0.2, 0.25) is 0 Å². The Morgan fingerprint density at radius 2 is 1.54 bits per heavy atom. The molecule has 0 spiro atoms. The number of nitrogens with zero attached hydrogens (tertiary/aromatic N) is 2. The van der Waals surface area contributed by atoms with Gasteiger partial charge in [0.15, 0.2) is 0 Å². The minimum Gasteiger partial charge on any atom is -0.473 e. The van der Waals surface area contributed by atoms with E-state index in [9.17, 15) is 13.6 Å². The van der Waals surface area contributed by atoms with Gasteiger partial charge in [-0.25, -0.2) is 14.0 Å². The van der Waals surface area contributed by atoms with E-state index in [0.29, 0.717) is 18.2 Å². The monoisotopic (exact) mass is 546 g/mol. The van der Waals surface area contributed by atoms with Crippen molar-refractivity contribution in [3.8, 4) is 17.0 Å². The van der Waals surface area contributed by atoms with Crippen LogP contribution in [0.15, 0.2) is 85.1 Å². The molecule has 0 saturated heterocycles. The Labute approximate surface area is 232 Å². The van der Waals surface area contributed by atoms with Crippen LogP contribution in [0.25, 0.3) is 21.9 Å². The lowest BCUT2D eigenvalue weighted by Gasteiger charge is -2.33. The van der Waals surface area contributed by atoms with Crippen LogP contribution in [0.3, 0.4) is 0 Å². The second-order valence-electron chi connectivity index (χ2n) is 10.7. The summed E-state index contributed by atoms with van der Waals surface area (Å²) in [5, 5.41) is 2.15. The van der Waals surface area contributed by atoms with Gasteiger partial charge in [-0.05, 0) is 60.9 Å².